The first-order valence-electron chi connectivity index (χ1n) is 3.93. The Kier molecular flexibility index (Phi) is 1.64. The number of hydrogen-bond acceptors (Lipinski definition) is 1. The van der Waals surface area contributed by atoms with Gasteiger partial charge in [0.2, 0.25) is 0 Å². The fourth-order valence-electron chi connectivity index (χ4n) is 1.37. The van der Waals surface area contributed by atoms with Crippen molar-refractivity contribution in [3.8, 4) is 0 Å². The van der Waals surface area contributed by atoms with E-state index < -0.39 is 0 Å². The van der Waals surface area contributed by atoms with Crippen molar-refractivity contribution < 1.29 is 0 Å². The molecule has 1 heteroatoms. The molecular weight excluding hydrogens is 134 g/mol. The van der Waals surface area contributed by atoms with E-state index in [2.05, 4.69) is 35.7 Å². The van der Waals surface area contributed by atoms with Crippen LogP contribution in [0.5, 0.6) is 0 Å². The van der Waals surface area contributed by atoms with E-state index in [0.29, 0.717) is 6.04 Å². The molecule has 1 atom stereocenters. The molecule has 0 bridgehead atoms. The van der Waals surface area contributed by atoms with Crippen LogP contribution in [0, 0.1) is 0 Å². The fourth-order valence-corrected chi connectivity index (χ4v) is 1.37. The van der Waals surface area contributed by atoms with Gasteiger partial charge in [0.15, 0.2) is 0 Å². The highest BCUT2D eigenvalue weighted by Gasteiger charge is 2.09. The van der Waals surface area contributed by atoms with Gasteiger partial charge in [-0.1, -0.05) is 36.4 Å². The van der Waals surface area contributed by atoms with Gasteiger partial charge in [0.05, 0.1) is 6.04 Å². The Bertz CT molecular complexity index is 243. The van der Waals surface area contributed by atoms with Crippen LogP contribution in [0.25, 0.3) is 0 Å². The predicted octanol–water partition coefficient (Wildman–Crippen LogP) is 2.23. The molecule has 1 heterocycles. The van der Waals surface area contributed by atoms with Gasteiger partial charge >= 0.3 is 0 Å². The minimum Gasteiger partial charge on any atom is -0.384 e. The summed E-state index contributed by atoms with van der Waals surface area (Å²) in [6, 6.07) is 11.0. The smallest absolute Gasteiger partial charge is 0.0543 e. The van der Waals surface area contributed by atoms with E-state index in [1.807, 2.05) is 12.3 Å². The third kappa shape index (κ3) is 1.27. The van der Waals surface area contributed by atoms with Crippen LogP contribution in [0.3, 0.4) is 0 Å². The van der Waals surface area contributed by atoms with Crippen LogP contribution in [-0.4, -0.2) is 0 Å². The summed E-state index contributed by atoms with van der Waals surface area (Å²) in [5, 5.41) is 3.29. The van der Waals surface area contributed by atoms with Crippen LogP contribution >= 0.6 is 0 Å². The second-order valence-corrected chi connectivity index (χ2v) is 2.77. The number of hydrogen-bond donors (Lipinski definition) is 1. The second-order valence-electron chi connectivity index (χ2n) is 2.77. The maximum absolute atomic E-state index is 3.29. The SMILES string of the molecule is C1=CNC(c2ccccc2)C1. The standard InChI is InChI=1S/C10H11N/c1-2-5-9(6-3-1)10-7-4-8-11-10/h1-6,8,10-11H,7H2. The molecule has 1 aromatic rings. The lowest BCUT2D eigenvalue weighted by molar-refractivity contribution is 0.674. The Morgan fingerprint density at radius 1 is 1.18 bits per heavy atom. The maximum atomic E-state index is 3.29. The van der Waals surface area contributed by atoms with Gasteiger partial charge in [-0.15, -0.1) is 0 Å². The lowest BCUT2D eigenvalue weighted by Crippen LogP contribution is -2.08. The van der Waals surface area contributed by atoms with Gasteiger partial charge in [0, 0.05) is 0 Å². The summed E-state index contributed by atoms with van der Waals surface area (Å²) in [6.45, 7) is 0. The molecule has 0 radical (unpaired) electrons. The van der Waals surface area contributed by atoms with Crippen LogP contribution in [0.4, 0.5) is 0 Å². The number of nitrogens with one attached hydrogen (secondary N) is 1. The van der Waals surface area contributed by atoms with Crippen molar-refractivity contribution in [2.45, 2.75) is 12.5 Å². The van der Waals surface area contributed by atoms with Crippen molar-refractivity contribution in [1.29, 1.82) is 0 Å². The monoisotopic (exact) mass is 145 g/mol. The van der Waals surface area contributed by atoms with E-state index in [1.54, 1.807) is 0 Å². The lowest BCUT2D eigenvalue weighted by Gasteiger charge is -2.09. The zero-order chi connectivity index (χ0) is 7.52. The summed E-state index contributed by atoms with van der Waals surface area (Å²) in [4.78, 5) is 0. The van der Waals surface area contributed by atoms with Gasteiger partial charge in [-0.3, -0.25) is 0 Å². The molecule has 0 aliphatic carbocycles. The summed E-state index contributed by atoms with van der Waals surface area (Å²) in [6.07, 6.45) is 5.30. The minimum atomic E-state index is 0.510. The average molecular weight is 145 g/mol. The third-order valence-corrected chi connectivity index (χ3v) is 1.99. The third-order valence-electron chi connectivity index (χ3n) is 1.99. The molecule has 1 aliphatic heterocycles. The van der Waals surface area contributed by atoms with Crippen LogP contribution in [0.2, 0.25) is 0 Å². The molecule has 56 valence electrons. The molecule has 1 unspecified atom stereocenters. The Morgan fingerprint density at radius 2 is 2.00 bits per heavy atom. The Hall–Kier alpha value is -1.24. The molecule has 11 heavy (non-hydrogen) atoms. The van der Waals surface area contributed by atoms with Crippen LogP contribution < -0.4 is 5.32 Å². The molecule has 1 aliphatic rings. The van der Waals surface area contributed by atoms with Crippen LogP contribution in [0.1, 0.15) is 18.0 Å². The molecule has 1 aromatic carbocycles. The highest BCUT2D eigenvalue weighted by atomic mass is 14.9. The van der Waals surface area contributed by atoms with Gasteiger partial charge in [0.25, 0.3) is 0 Å². The molecule has 0 aromatic heterocycles. The lowest BCUT2D eigenvalue weighted by atomic mass is 10.1. The minimum absolute atomic E-state index is 0.510. The summed E-state index contributed by atoms with van der Waals surface area (Å²) >= 11 is 0. The van der Waals surface area contributed by atoms with E-state index in [4.69, 9.17) is 0 Å². The first-order chi connectivity index (χ1) is 5.47. The molecule has 0 amide bonds. The summed E-state index contributed by atoms with van der Waals surface area (Å²) < 4.78 is 0. The van der Waals surface area contributed by atoms with Gasteiger partial charge in [-0.2, -0.15) is 0 Å². The topological polar surface area (TPSA) is 12.0 Å². The van der Waals surface area contributed by atoms with E-state index in [0.717, 1.165) is 6.42 Å². The first-order valence-corrected chi connectivity index (χ1v) is 3.93. The van der Waals surface area contributed by atoms with Gasteiger partial charge in [0.1, 0.15) is 0 Å². The molecule has 0 saturated heterocycles. The molecule has 1 N–H and O–H groups in total. The van der Waals surface area contributed by atoms with Crippen LogP contribution in [-0.2, 0) is 0 Å². The number of rotatable bonds is 1. The van der Waals surface area contributed by atoms with Crippen LogP contribution in [0.15, 0.2) is 42.6 Å². The normalized spacial score (nSPS) is 21.6. The highest BCUT2D eigenvalue weighted by Crippen LogP contribution is 2.19. The number of benzene rings is 1. The Balaban J connectivity index is 2.17. The van der Waals surface area contributed by atoms with Crippen molar-refractivity contribution in [3.63, 3.8) is 0 Å². The quantitative estimate of drug-likeness (QED) is 0.639. The summed E-state index contributed by atoms with van der Waals surface area (Å²) in [5.41, 5.74) is 1.37. The Labute approximate surface area is 66.7 Å². The van der Waals surface area contributed by atoms with Gasteiger partial charge < -0.3 is 5.32 Å². The average Bonchev–Trinajstić information content (AvgIpc) is 2.58. The molecule has 2 rings (SSSR count). The van der Waals surface area contributed by atoms with E-state index in [9.17, 15) is 0 Å². The van der Waals surface area contributed by atoms with E-state index in [1.165, 1.54) is 5.56 Å². The molecular formula is C10H11N. The second kappa shape index (κ2) is 2.79. The summed E-state index contributed by atoms with van der Waals surface area (Å²) in [7, 11) is 0. The van der Waals surface area contributed by atoms with Crippen molar-refractivity contribution in [2.75, 3.05) is 0 Å². The predicted molar refractivity (Wildman–Crippen MR) is 46.1 cm³/mol. The molecule has 0 saturated carbocycles. The largest absolute Gasteiger partial charge is 0.384 e. The zero-order valence-electron chi connectivity index (χ0n) is 6.33. The zero-order valence-corrected chi connectivity index (χ0v) is 6.33. The van der Waals surface area contributed by atoms with Crippen molar-refractivity contribution >= 4 is 0 Å². The maximum Gasteiger partial charge on any atom is 0.0543 e. The molecule has 0 fully saturated rings. The van der Waals surface area contributed by atoms with E-state index in [-0.39, 0.29) is 0 Å². The Morgan fingerprint density at radius 3 is 2.64 bits per heavy atom. The van der Waals surface area contributed by atoms with Gasteiger partial charge in [-0.25, -0.2) is 0 Å². The summed E-state index contributed by atoms with van der Waals surface area (Å²) in [5.74, 6) is 0. The molecule has 1 nitrogen and oxygen atoms in total. The van der Waals surface area contributed by atoms with Crippen molar-refractivity contribution in [3.05, 3.63) is 48.2 Å². The first kappa shape index (κ1) is 6.47. The van der Waals surface area contributed by atoms with Gasteiger partial charge in [-0.05, 0) is 18.2 Å². The van der Waals surface area contributed by atoms with Crippen molar-refractivity contribution in [1.82, 2.24) is 5.32 Å². The van der Waals surface area contributed by atoms with Crippen molar-refractivity contribution in [2.24, 2.45) is 0 Å². The highest BCUT2D eigenvalue weighted by molar-refractivity contribution is 5.21. The fraction of sp³-hybridized carbons (Fsp3) is 0.200. The molecule has 0 spiro atoms. The van der Waals surface area contributed by atoms with E-state index >= 15 is 0 Å².